The summed E-state index contributed by atoms with van der Waals surface area (Å²) in [7, 11) is 4.83. The van der Waals surface area contributed by atoms with Crippen molar-refractivity contribution < 1.29 is 34.0 Å². The first kappa shape index (κ1) is 25.3. The minimum Gasteiger partial charge on any atom is -0.507 e. The lowest BCUT2D eigenvalue weighted by Crippen LogP contribution is -2.44. The van der Waals surface area contributed by atoms with E-state index in [1.807, 2.05) is 0 Å². The van der Waals surface area contributed by atoms with E-state index in [-0.39, 0.29) is 16.7 Å². The van der Waals surface area contributed by atoms with Crippen molar-refractivity contribution in [2.75, 3.05) is 21.3 Å². The zero-order valence-corrected chi connectivity index (χ0v) is 21.6. The van der Waals surface area contributed by atoms with E-state index in [0.29, 0.717) is 27.4 Å². The summed E-state index contributed by atoms with van der Waals surface area (Å²) >= 11 is 0. The second-order valence-electron chi connectivity index (χ2n) is 7.64. The molecule has 0 bridgehead atoms. The highest BCUT2D eigenvalue weighted by molar-refractivity contribution is 6.16. The number of carbonyl (C=O) groups is 2. The van der Waals surface area contributed by atoms with Crippen LogP contribution >= 0.6 is 0 Å². The van der Waals surface area contributed by atoms with Crippen LogP contribution in [0.1, 0.15) is 37.4 Å². The molecule has 0 aliphatic carbocycles. The molecule has 0 saturated heterocycles. The van der Waals surface area contributed by atoms with Gasteiger partial charge in [-0.15, -0.1) is 0 Å². The molecule has 3 aromatic carbocycles. The number of ketones is 2. The summed E-state index contributed by atoms with van der Waals surface area (Å²) < 4.78 is 17.0. The van der Waals surface area contributed by atoms with Crippen LogP contribution in [0.3, 0.4) is 0 Å². The second kappa shape index (κ2) is 10.7. The molecule has 0 aliphatic heterocycles. The van der Waals surface area contributed by atoms with Gasteiger partial charge in [-0.25, -0.2) is 0 Å². The maximum Gasteiger partial charge on any atom is 0.228 e. The van der Waals surface area contributed by atoms with Gasteiger partial charge < -0.3 is 24.4 Å². The fraction of sp³-hybridized carbons (Fsp3) is 0.231. The number of methoxy groups -OCH3 is 3. The summed E-state index contributed by atoms with van der Waals surface area (Å²) in [6.07, 6.45) is -0.729. The van der Waals surface area contributed by atoms with Crippen molar-refractivity contribution in [3.05, 3.63) is 94.5 Å². The third kappa shape index (κ3) is 4.40. The molecule has 3 rings (SSSR count). The SMILES string of the molecule is COC(C[SiH3])C(OC)(OC)c1c(O)c(C(=O)c2ccccc2)cc(C(=O)c2ccccc2)c1O. The predicted octanol–water partition coefficient (Wildman–Crippen LogP) is 2.80. The molecule has 3 aromatic rings. The molecule has 34 heavy (non-hydrogen) atoms. The van der Waals surface area contributed by atoms with Crippen LogP contribution in [-0.4, -0.2) is 59.5 Å². The fourth-order valence-corrected chi connectivity index (χ4v) is 5.00. The van der Waals surface area contributed by atoms with Crippen molar-refractivity contribution in [2.45, 2.75) is 17.9 Å². The Morgan fingerprint density at radius 1 is 0.824 bits per heavy atom. The third-order valence-corrected chi connectivity index (χ3v) is 6.61. The van der Waals surface area contributed by atoms with Gasteiger partial charge in [0.25, 0.3) is 0 Å². The Morgan fingerprint density at radius 3 is 1.56 bits per heavy atom. The maximum absolute atomic E-state index is 13.4. The van der Waals surface area contributed by atoms with E-state index >= 15 is 0 Å². The van der Waals surface area contributed by atoms with Crippen LogP contribution in [0.5, 0.6) is 11.5 Å². The van der Waals surface area contributed by atoms with Crippen LogP contribution in [0.2, 0.25) is 6.04 Å². The number of phenols is 2. The van der Waals surface area contributed by atoms with Crippen molar-refractivity contribution >= 4 is 21.8 Å². The number of hydrogen-bond donors (Lipinski definition) is 2. The Labute approximate surface area is 201 Å². The van der Waals surface area contributed by atoms with Crippen LogP contribution in [0.4, 0.5) is 0 Å². The molecule has 1 unspecified atom stereocenters. The van der Waals surface area contributed by atoms with Crippen molar-refractivity contribution in [1.29, 1.82) is 0 Å². The molecule has 0 aliphatic rings. The Hall–Kier alpha value is -3.30. The summed E-state index contributed by atoms with van der Waals surface area (Å²) in [6, 6.07) is 18.4. The number of hydrogen-bond acceptors (Lipinski definition) is 7. The van der Waals surface area contributed by atoms with E-state index in [1.165, 1.54) is 27.4 Å². The van der Waals surface area contributed by atoms with Crippen LogP contribution in [0.25, 0.3) is 0 Å². The topological polar surface area (TPSA) is 102 Å². The zero-order valence-electron chi connectivity index (χ0n) is 19.6. The molecule has 0 heterocycles. The maximum atomic E-state index is 13.4. The highest BCUT2D eigenvalue weighted by atomic mass is 28.1. The van der Waals surface area contributed by atoms with E-state index in [0.717, 1.165) is 0 Å². The highest BCUT2D eigenvalue weighted by Crippen LogP contribution is 2.47. The number of carbonyl (C=O) groups excluding carboxylic acids is 2. The third-order valence-electron chi connectivity index (χ3n) is 5.87. The predicted molar refractivity (Wildman–Crippen MR) is 131 cm³/mol. The smallest absolute Gasteiger partial charge is 0.228 e. The van der Waals surface area contributed by atoms with Gasteiger partial charge in [-0.05, 0) is 12.1 Å². The van der Waals surface area contributed by atoms with Gasteiger partial charge in [0.2, 0.25) is 5.79 Å². The van der Waals surface area contributed by atoms with Crippen molar-refractivity contribution in [2.24, 2.45) is 0 Å². The number of phenolic OH excluding ortho intramolecular Hbond substituents is 2. The number of rotatable bonds is 10. The quantitative estimate of drug-likeness (QED) is 0.261. The minimum atomic E-state index is -1.77. The zero-order chi connectivity index (χ0) is 24.9. The summed E-state index contributed by atoms with van der Waals surface area (Å²) in [6.45, 7) is 0. The van der Waals surface area contributed by atoms with Crippen LogP contribution in [0, 0.1) is 0 Å². The standard InChI is InChI=1S/C26H28O7Si/c1-31-20(15-34)26(32-2,33-3)21-24(29)18(22(27)16-10-6-4-7-11-16)14-19(25(21)30)23(28)17-12-8-5-9-13-17/h4-14,20,29-30H,15H2,1-3,34H3. The van der Waals surface area contributed by atoms with Crippen molar-refractivity contribution in [3.8, 4) is 11.5 Å². The van der Waals surface area contributed by atoms with E-state index in [9.17, 15) is 19.8 Å². The molecule has 0 saturated carbocycles. The van der Waals surface area contributed by atoms with E-state index in [1.54, 1.807) is 60.7 Å². The first-order valence-corrected chi connectivity index (χ1v) is 12.2. The van der Waals surface area contributed by atoms with E-state index in [4.69, 9.17) is 14.2 Å². The monoisotopic (exact) mass is 480 g/mol. The average molecular weight is 481 g/mol. The molecular weight excluding hydrogens is 452 g/mol. The van der Waals surface area contributed by atoms with Gasteiger partial charge in [0.05, 0.1) is 16.7 Å². The largest absolute Gasteiger partial charge is 0.507 e. The summed E-state index contributed by atoms with van der Waals surface area (Å²) in [4.78, 5) is 26.8. The molecule has 8 heteroatoms. The Morgan fingerprint density at radius 2 is 1.24 bits per heavy atom. The van der Waals surface area contributed by atoms with Crippen LogP contribution in [0.15, 0.2) is 66.7 Å². The van der Waals surface area contributed by atoms with Gasteiger partial charge in [-0.2, -0.15) is 0 Å². The Bertz CT molecular complexity index is 1080. The lowest BCUT2D eigenvalue weighted by molar-refractivity contribution is -0.270. The lowest BCUT2D eigenvalue weighted by Gasteiger charge is -2.38. The first-order chi connectivity index (χ1) is 16.4. The van der Waals surface area contributed by atoms with Crippen molar-refractivity contribution in [3.63, 3.8) is 0 Å². The minimum absolute atomic E-state index is 0.167. The normalized spacial score (nSPS) is 12.4. The molecule has 0 radical (unpaired) electrons. The molecule has 178 valence electrons. The van der Waals surface area contributed by atoms with Gasteiger partial charge in [0.15, 0.2) is 11.6 Å². The van der Waals surface area contributed by atoms with Gasteiger partial charge in [-0.1, -0.05) is 60.7 Å². The molecule has 2 N–H and O–H groups in total. The van der Waals surface area contributed by atoms with Crippen LogP contribution in [-0.2, 0) is 20.0 Å². The Balaban J connectivity index is 2.38. The van der Waals surface area contributed by atoms with Gasteiger partial charge >= 0.3 is 0 Å². The molecule has 0 fully saturated rings. The first-order valence-electron chi connectivity index (χ1n) is 10.8. The Kier molecular flexibility index (Phi) is 8.01. The molecule has 1 atom stereocenters. The van der Waals surface area contributed by atoms with E-state index < -0.39 is 35.0 Å². The molecule has 0 aromatic heterocycles. The van der Waals surface area contributed by atoms with Gasteiger partial charge in [0.1, 0.15) is 17.6 Å². The number of aromatic hydroxyl groups is 2. The van der Waals surface area contributed by atoms with E-state index in [2.05, 4.69) is 0 Å². The summed E-state index contributed by atoms with van der Waals surface area (Å²) in [5.41, 5.74) is 0.0412. The van der Waals surface area contributed by atoms with Gasteiger partial charge in [0, 0.05) is 42.7 Å². The molecule has 0 amide bonds. The highest BCUT2D eigenvalue weighted by Gasteiger charge is 2.47. The lowest BCUT2D eigenvalue weighted by atomic mass is 9.88. The fourth-order valence-electron chi connectivity index (χ4n) is 4.13. The average Bonchev–Trinajstić information content (AvgIpc) is 2.88. The van der Waals surface area contributed by atoms with Gasteiger partial charge in [-0.3, -0.25) is 9.59 Å². The van der Waals surface area contributed by atoms with Crippen molar-refractivity contribution in [1.82, 2.24) is 0 Å². The summed E-state index contributed by atoms with van der Waals surface area (Å²) in [5.74, 6) is -3.91. The number of benzene rings is 3. The van der Waals surface area contributed by atoms with Crippen LogP contribution < -0.4 is 0 Å². The number of ether oxygens (including phenoxy) is 3. The summed E-state index contributed by atoms with van der Waals surface area (Å²) in [5, 5.41) is 22.6. The molecular formula is C26H28O7Si. The second-order valence-corrected chi connectivity index (χ2v) is 8.46. The molecule has 0 spiro atoms. The molecule has 7 nitrogen and oxygen atoms in total.